The highest BCUT2D eigenvalue weighted by Crippen LogP contribution is 2.31. The second kappa shape index (κ2) is 4.49. The van der Waals surface area contributed by atoms with Crippen molar-refractivity contribution in [3.8, 4) is 0 Å². The molecule has 0 amide bonds. The molecule has 1 aliphatic rings. The largest absolute Gasteiger partial charge is 0.370 e. The molecule has 0 N–H and O–H groups in total. The van der Waals surface area contributed by atoms with E-state index in [0.717, 1.165) is 42.1 Å². The topological polar surface area (TPSA) is 31.2 Å². The summed E-state index contributed by atoms with van der Waals surface area (Å²) in [6.45, 7) is 5.09. The van der Waals surface area contributed by atoms with Gasteiger partial charge in [-0.25, -0.2) is 0 Å². The van der Waals surface area contributed by atoms with E-state index in [9.17, 15) is 4.79 Å². The molecule has 0 saturated carbocycles. The summed E-state index contributed by atoms with van der Waals surface area (Å²) in [5, 5.41) is 1.02. The summed E-state index contributed by atoms with van der Waals surface area (Å²) in [4.78, 5) is 11.1. The standard InChI is InChI=1S/C16H19NO2/c1-16(2)8-7-13(19-16)10-17-9-12(11-18)14-5-3-4-6-15(14)17/h3-6,9,11,13H,7-8,10H2,1-2H3. The van der Waals surface area contributed by atoms with Crippen LogP contribution < -0.4 is 0 Å². The molecule has 0 aliphatic carbocycles. The van der Waals surface area contributed by atoms with E-state index in [4.69, 9.17) is 4.74 Å². The zero-order valence-electron chi connectivity index (χ0n) is 11.4. The van der Waals surface area contributed by atoms with Crippen LogP contribution in [0.5, 0.6) is 0 Å². The number of hydrogen-bond donors (Lipinski definition) is 0. The van der Waals surface area contributed by atoms with E-state index < -0.39 is 0 Å². The van der Waals surface area contributed by atoms with E-state index in [1.165, 1.54) is 0 Å². The lowest BCUT2D eigenvalue weighted by Gasteiger charge is -2.19. The minimum Gasteiger partial charge on any atom is -0.370 e. The van der Waals surface area contributed by atoms with Crippen LogP contribution in [0.2, 0.25) is 0 Å². The Bertz CT molecular complexity index is 612. The first-order valence-electron chi connectivity index (χ1n) is 6.80. The molecule has 1 atom stereocenters. The Kier molecular flexibility index (Phi) is 2.94. The van der Waals surface area contributed by atoms with Crippen LogP contribution in [-0.4, -0.2) is 22.6 Å². The van der Waals surface area contributed by atoms with Crippen molar-refractivity contribution in [3.63, 3.8) is 0 Å². The van der Waals surface area contributed by atoms with Crippen molar-refractivity contribution in [3.05, 3.63) is 36.0 Å². The van der Waals surface area contributed by atoms with Gasteiger partial charge in [0.25, 0.3) is 0 Å². The van der Waals surface area contributed by atoms with Crippen LogP contribution in [-0.2, 0) is 11.3 Å². The van der Waals surface area contributed by atoms with Gasteiger partial charge in [0, 0.05) is 29.2 Å². The number of carbonyl (C=O) groups excluding carboxylic acids is 1. The zero-order valence-corrected chi connectivity index (χ0v) is 11.4. The SMILES string of the molecule is CC1(C)CCC(Cn2cc(C=O)c3ccccc32)O1. The molecule has 0 spiro atoms. The average molecular weight is 257 g/mol. The van der Waals surface area contributed by atoms with Crippen LogP contribution >= 0.6 is 0 Å². The molecular weight excluding hydrogens is 238 g/mol. The first-order valence-corrected chi connectivity index (χ1v) is 6.80. The predicted octanol–water partition coefficient (Wildman–Crippen LogP) is 3.41. The van der Waals surface area contributed by atoms with Gasteiger partial charge in [-0.15, -0.1) is 0 Å². The first-order chi connectivity index (χ1) is 9.09. The quantitative estimate of drug-likeness (QED) is 0.789. The van der Waals surface area contributed by atoms with Crippen molar-refractivity contribution in [1.82, 2.24) is 4.57 Å². The lowest BCUT2D eigenvalue weighted by atomic mass is 10.1. The van der Waals surface area contributed by atoms with Crippen LogP contribution in [0.3, 0.4) is 0 Å². The van der Waals surface area contributed by atoms with Gasteiger partial charge >= 0.3 is 0 Å². The number of hydrogen-bond acceptors (Lipinski definition) is 2. The molecule has 1 unspecified atom stereocenters. The maximum atomic E-state index is 11.1. The van der Waals surface area contributed by atoms with E-state index >= 15 is 0 Å². The van der Waals surface area contributed by atoms with Crippen molar-refractivity contribution in [2.45, 2.75) is 44.9 Å². The fourth-order valence-corrected chi connectivity index (χ4v) is 2.95. The minimum atomic E-state index is -0.0128. The molecule has 1 saturated heterocycles. The third-order valence-electron chi connectivity index (χ3n) is 3.90. The summed E-state index contributed by atoms with van der Waals surface area (Å²) in [6.07, 6.45) is 5.28. The zero-order chi connectivity index (χ0) is 13.5. The summed E-state index contributed by atoms with van der Waals surface area (Å²) in [6, 6.07) is 8.03. The molecule has 100 valence electrons. The summed E-state index contributed by atoms with van der Waals surface area (Å²) < 4.78 is 8.18. The van der Waals surface area contributed by atoms with E-state index in [1.807, 2.05) is 24.4 Å². The molecule has 1 aromatic heterocycles. The first kappa shape index (κ1) is 12.4. The van der Waals surface area contributed by atoms with Gasteiger partial charge in [0.2, 0.25) is 0 Å². The van der Waals surface area contributed by atoms with Gasteiger partial charge < -0.3 is 9.30 Å². The summed E-state index contributed by atoms with van der Waals surface area (Å²) in [5.74, 6) is 0. The Morgan fingerprint density at radius 1 is 1.42 bits per heavy atom. The highest BCUT2D eigenvalue weighted by atomic mass is 16.5. The Morgan fingerprint density at radius 3 is 2.89 bits per heavy atom. The molecule has 1 aliphatic heterocycles. The van der Waals surface area contributed by atoms with Crippen LogP contribution in [0.4, 0.5) is 0 Å². The van der Waals surface area contributed by atoms with Gasteiger partial charge in [0.1, 0.15) is 0 Å². The number of benzene rings is 1. The number of fused-ring (bicyclic) bond motifs is 1. The number of para-hydroxylation sites is 1. The van der Waals surface area contributed by atoms with Crippen LogP contribution in [0, 0.1) is 0 Å². The molecule has 1 aromatic carbocycles. The molecule has 2 aromatic rings. The Hall–Kier alpha value is -1.61. The Labute approximate surface area is 113 Å². The maximum Gasteiger partial charge on any atom is 0.152 e. The van der Waals surface area contributed by atoms with Gasteiger partial charge in [-0.3, -0.25) is 4.79 Å². The smallest absolute Gasteiger partial charge is 0.152 e. The Morgan fingerprint density at radius 2 is 2.21 bits per heavy atom. The highest BCUT2D eigenvalue weighted by Gasteiger charge is 2.31. The maximum absolute atomic E-state index is 11.1. The van der Waals surface area contributed by atoms with Crippen molar-refractivity contribution >= 4 is 17.2 Å². The molecular formula is C16H19NO2. The number of carbonyl (C=O) groups is 1. The fourth-order valence-electron chi connectivity index (χ4n) is 2.95. The summed E-state index contributed by atoms with van der Waals surface area (Å²) >= 11 is 0. The van der Waals surface area contributed by atoms with Gasteiger partial charge in [-0.2, -0.15) is 0 Å². The van der Waals surface area contributed by atoms with Gasteiger partial charge in [0.15, 0.2) is 6.29 Å². The second-order valence-electron chi connectivity index (χ2n) is 5.91. The van der Waals surface area contributed by atoms with Gasteiger partial charge in [0.05, 0.1) is 11.7 Å². The Balaban J connectivity index is 1.91. The molecule has 3 heteroatoms. The lowest BCUT2D eigenvalue weighted by Crippen LogP contribution is -2.22. The highest BCUT2D eigenvalue weighted by molar-refractivity contribution is 5.97. The van der Waals surface area contributed by atoms with Crippen LogP contribution in [0.15, 0.2) is 30.5 Å². The number of rotatable bonds is 3. The van der Waals surface area contributed by atoms with E-state index in [-0.39, 0.29) is 11.7 Å². The number of ether oxygens (including phenoxy) is 1. The number of nitrogens with zero attached hydrogens (tertiary/aromatic N) is 1. The van der Waals surface area contributed by atoms with Crippen LogP contribution in [0.25, 0.3) is 10.9 Å². The lowest BCUT2D eigenvalue weighted by molar-refractivity contribution is -0.0212. The third-order valence-corrected chi connectivity index (χ3v) is 3.90. The molecule has 19 heavy (non-hydrogen) atoms. The van der Waals surface area contributed by atoms with E-state index in [2.05, 4.69) is 24.5 Å². The molecule has 2 heterocycles. The van der Waals surface area contributed by atoms with Crippen molar-refractivity contribution in [2.75, 3.05) is 0 Å². The van der Waals surface area contributed by atoms with Gasteiger partial charge in [-0.1, -0.05) is 18.2 Å². The minimum absolute atomic E-state index is 0.0128. The summed E-state index contributed by atoms with van der Waals surface area (Å²) in [7, 11) is 0. The van der Waals surface area contributed by atoms with E-state index in [0.29, 0.717) is 0 Å². The van der Waals surface area contributed by atoms with Crippen LogP contribution in [0.1, 0.15) is 37.0 Å². The number of aldehydes is 1. The number of aromatic nitrogens is 1. The van der Waals surface area contributed by atoms with Crippen molar-refractivity contribution in [1.29, 1.82) is 0 Å². The molecule has 1 fully saturated rings. The molecule has 3 nitrogen and oxygen atoms in total. The summed E-state index contributed by atoms with van der Waals surface area (Å²) in [5.41, 5.74) is 1.85. The average Bonchev–Trinajstić information content (AvgIpc) is 2.91. The van der Waals surface area contributed by atoms with E-state index in [1.54, 1.807) is 0 Å². The third kappa shape index (κ3) is 2.30. The normalized spacial score (nSPS) is 21.9. The second-order valence-corrected chi connectivity index (χ2v) is 5.91. The molecule has 0 radical (unpaired) electrons. The molecule has 0 bridgehead atoms. The monoisotopic (exact) mass is 257 g/mol. The van der Waals surface area contributed by atoms with Gasteiger partial charge in [-0.05, 0) is 32.8 Å². The fraction of sp³-hybridized carbons (Fsp3) is 0.438. The van der Waals surface area contributed by atoms with Crippen molar-refractivity contribution < 1.29 is 9.53 Å². The van der Waals surface area contributed by atoms with Crippen molar-refractivity contribution in [2.24, 2.45) is 0 Å². The predicted molar refractivity (Wildman–Crippen MR) is 75.5 cm³/mol. The molecule has 3 rings (SSSR count).